The van der Waals surface area contributed by atoms with E-state index in [9.17, 15) is 4.79 Å². The van der Waals surface area contributed by atoms with E-state index in [1.807, 2.05) is 19.9 Å². The number of nitrogens with two attached hydrogens (primary N) is 1. The minimum atomic E-state index is -0.225. The van der Waals surface area contributed by atoms with Crippen molar-refractivity contribution in [1.82, 2.24) is 15.4 Å². The number of carbonyl (C=O) groups excluding carboxylic acids is 1. The van der Waals surface area contributed by atoms with Crippen LogP contribution in [0.15, 0.2) is 17.4 Å². The van der Waals surface area contributed by atoms with Crippen molar-refractivity contribution in [2.75, 3.05) is 0 Å². The number of hydrazine groups is 1. The predicted molar refractivity (Wildman–Crippen MR) is 63.7 cm³/mol. The summed E-state index contributed by atoms with van der Waals surface area (Å²) in [6.45, 7) is 3.91. The van der Waals surface area contributed by atoms with Crippen LogP contribution in [0.4, 0.5) is 0 Å². The summed E-state index contributed by atoms with van der Waals surface area (Å²) >= 11 is 1.35. The Hall–Kier alpha value is -1.14. The van der Waals surface area contributed by atoms with Crippen LogP contribution in [0, 0.1) is 6.92 Å². The molecule has 5 nitrogen and oxygen atoms in total. The third kappa shape index (κ3) is 3.79. The highest BCUT2D eigenvalue weighted by Crippen LogP contribution is 2.23. The molecule has 0 radical (unpaired) electrons. The van der Waals surface area contributed by atoms with Crippen molar-refractivity contribution in [1.29, 1.82) is 0 Å². The lowest BCUT2D eigenvalue weighted by molar-refractivity contribution is -0.120. The van der Waals surface area contributed by atoms with Crippen LogP contribution in [0.25, 0.3) is 0 Å². The number of aryl methyl sites for hydroxylation is 1. The molecular weight excluding hydrogens is 224 g/mol. The van der Waals surface area contributed by atoms with Gasteiger partial charge in [-0.2, -0.15) is 0 Å². The first-order chi connectivity index (χ1) is 7.67. The molecule has 6 heteroatoms. The van der Waals surface area contributed by atoms with Gasteiger partial charge < -0.3 is 0 Å². The van der Waals surface area contributed by atoms with Crippen LogP contribution in [0.1, 0.15) is 25.5 Å². The van der Waals surface area contributed by atoms with Crippen LogP contribution < -0.4 is 11.3 Å². The molecule has 0 bridgehead atoms. The summed E-state index contributed by atoms with van der Waals surface area (Å²) in [7, 11) is 0. The molecule has 0 aliphatic rings. The molecule has 88 valence electrons. The summed E-state index contributed by atoms with van der Waals surface area (Å²) in [6, 6.07) is 1.82. The van der Waals surface area contributed by atoms with Crippen LogP contribution in [0.2, 0.25) is 0 Å². The summed E-state index contributed by atoms with van der Waals surface area (Å²) in [5.41, 5.74) is 3.06. The lowest BCUT2D eigenvalue weighted by atomic mass is 10.2. The Morgan fingerprint density at radius 1 is 1.69 bits per heavy atom. The van der Waals surface area contributed by atoms with E-state index in [4.69, 9.17) is 5.84 Å². The summed E-state index contributed by atoms with van der Waals surface area (Å²) in [4.78, 5) is 19.8. The van der Waals surface area contributed by atoms with Gasteiger partial charge in [0.15, 0.2) is 5.16 Å². The Bertz CT molecular complexity index is 358. The molecule has 1 aromatic rings. The maximum Gasteiger partial charge on any atom is 0.247 e. The SMILES string of the molecule is CCCC(Sc1nccc(C)n1)C(=O)NN. The molecule has 1 rings (SSSR count). The molecule has 1 heterocycles. The van der Waals surface area contributed by atoms with E-state index in [1.54, 1.807) is 6.20 Å². The number of carbonyl (C=O) groups is 1. The highest BCUT2D eigenvalue weighted by atomic mass is 32.2. The van der Waals surface area contributed by atoms with Crippen molar-refractivity contribution in [2.45, 2.75) is 37.1 Å². The Labute approximate surface area is 99.2 Å². The minimum absolute atomic E-state index is 0.183. The monoisotopic (exact) mass is 240 g/mol. The van der Waals surface area contributed by atoms with E-state index in [0.29, 0.717) is 5.16 Å². The summed E-state index contributed by atoms with van der Waals surface area (Å²) in [6.07, 6.45) is 3.36. The zero-order chi connectivity index (χ0) is 12.0. The third-order valence-corrected chi connectivity index (χ3v) is 3.15. The van der Waals surface area contributed by atoms with Crippen molar-refractivity contribution < 1.29 is 4.79 Å². The molecule has 0 saturated heterocycles. The fourth-order valence-electron chi connectivity index (χ4n) is 1.21. The number of hydrogen-bond acceptors (Lipinski definition) is 5. The minimum Gasteiger partial charge on any atom is -0.293 e. The Kier molecular flexibility index (Phi) is 5.21. The van der Waals surface area contributed by atoms with E-state index in [0.717, 1.165) is 18.5 Å². The van der Waals surface area contributed by atoms with Crippen molar-refractivity contribution in [3.05, 3.63) is 18.0 Å². The van der Waals surface area contributed by atoms with Crippen molar-refractivity contribution in [3.8, 4) is 0 Å². The smallest absolute Gasteiger partial charge is 0.247 e. The number of amides is 1. The molecule has 0 aliphatic heterocycles. The molecule has 1 amide bonds. The highest BCUT2D eigenvalue weighted by molar-refractivity contribution is 8.00. The van der Waals surface area contributed by atoms with E-state index in [1.165, 1.54) is 11.8 Å². The number of nitrogens with one attached hydrogen (secondary N) is 1. The van der Waals surface area contributed by atoms with Gasteiger partial charge in [0.25, 0.3) is 0 Å². The average molecular weight is 240 g/mol. The molecule has 0 spiro atoms. The van der Waals surface area contributed by atoms with E-state index in [2.05, 4.69) is 15.4 Å². The first kappa shape index (κ1) is 12.9. The molecule has 3 N–H and O–H groups in total. The van der Waals surface area contributed by atoms with Crippen LogP contribution in [-0.4, -0.2) is 21.1 Å². The molecule has 0 fully saturated rings. The molecule has 0 saturated carbocycles. The predicted octanol–water partition coefficient (Wildman–Crippen LogP) is 1.04. The first-order valence-corrected chi connectivity index (χ1v) is 6.02. The zero-order valence-corrected chi connectivity index (χ0v) is 10.3. The van der Waals surface area contributed by atoms with E-state index < -0.39 is 0 Å². The van der Waals surface area contributed by atoms with E-state index in [-0.39, 0.29) is 11.2 Å². The number of thioether (sulfide) groups is 1. The van der Waals surface area contributed by atoms with Gasteiger partial charge in [0.1, 0.15) is 0 Å². The maximum absolute atomic E-state index is 11.5. The number of hydrogen-bond donors (Lipinski definition) is 2. The fraction of sp³-hybridized carbons (Fsp3) is 0.500. The van der Waals surface area contributed by atoms with Crippen LogP contribution >= 0.6 is 11.8 Å². The standard InChI is InChI=1S/C10H16N4OS/c1-3-4-8(9(15)14-11)16-10-12-6-5-7(2)13-10/h5-6,8H,3-4,11H2,1-2H3,(H,14,15). The number of aromatic nitrogens is 2. The molecular formula is C10H16N4OS. The largest absolute Gasteiger partial charge is 0.293 e. The van der Waals surface area contributed by atoms with Crippen LogP contribution in [0.5, 0.6) is 0 Å². The molecule has 0 aliphatic carbocycles. The second kappa shape index (κ2) is 6.44. The summed E-state index contributed by atoms with van der Waals surface area (Å²) < 4.78 is 0. The maximum atomic E-state index is 11.5. The second-order valence-corrected chi connectivity index (χ2v) is 4.55. The molecule has 1 atom stereocenters. The van der Waals surface area contributed by atoms with Crippen molar-refractivity contribution in [2.24, 2.45) is 5.84 Å². The molecule has 1 unspecified atom stereocenters. The van der Waals surface area contributed by atoms with Gasteiger partial charge in [0.05, 0.1) is 5.25 Å². The second-order valence-electron chi connectivity index (χ2n) is 3.38. The first-order valence-electron chi connectivity index (χ1n) is 5.14. The van der Waals surface area contributed by atoms with Gasteiger partial charge in [0.2, 0.25) is 5.91 Å². The third-order valence-electron chi connectivity index (χ3n) is 2.01. The van der Waals surface area contributed by atoms with Gasteiger partial charge in [-0.1, -0.05) is 25.1 Å². The van der Waals surface area contributed by atoms with Gasteiger partial charge in [-0.05, 0) is 19.4 Å². The molecule has 16 heavy (non-hydrogen) atoms. The van der Waals surface area contributed by atoms with Crippen LogP contribution in [-0.2, 0) is 4.79 Å². The number of rotatable bonds is 5. The Balaban J connectivity index is 2.71. The van der Waals surface area contributed by atoms with Gasteiger partial charge in [0, 0.05) is 11.9 Å². The Morgan fingerprint density at radius 2 is 2.44 bits per heavy atom. The van der Waals surface area contributed by atoms with Gasteiger partial charge in [-0.15, -0.1) is 0 Å². The topological polar surface area (TPSA) is 80.9 Å². The average Bonchev–Trinajstić information content (AvgIpc) is 2.27. The Morgan fingerprint density at radius 3 is 3.00 bits per heavy atom. The molecule has 0 aromatic carbocycles. The molecule has 1 aromatic heterocycles. The zero-order valence-electron chi connectivity index (χ0n) is 9.43. The number of nitrogens with zero attached hydrogens (tertiary/aromatic N) is 2. The van der Waals surface area contributed by atoms with Crippen molar-refractivity contribution in [3.63, 3.8) is 0 Å². The fourth-order valence-corrected chi connectivity index (χ4v) is 2.31. The van der Waals surface area contributed by atoms with E-state index >= 15 is 0 Å². The van der Waals surface area contributed by atoms with Crippen molar-refractivity contribution >= 4 is 17.7 Å². The van der Waals surface area contributed by atoms with Gasteiger partial charge in [-0.3, -0.25) is 10.2 Å². The van der Waals surface area contributed by atoms with Crippen LogP contribution in [0.3, 0.4) is 0 Å². The highest BCUT2D eigenvalue weighted by Gasteiger charge is 2.19. The van der Waals surface area contributed by atoms with Gasteiger partial charge >= 0.3 is 0 Å². The quantitative estimate of drug-likeness (QED) is 0.264. The lowest BCUT2D eigenvalue weighted by Gasteiger charge is -2.12. The summed E-state index contributed by atoms with van der Waals surface area (Å²) in [5, 5.41) is 0.388. The lowest BCUT2D eigenvalue weighted by Crippen LogP contribution is -2.37. The normalized spacial score (nSPS) is 12.2. The van der Waals surface area contributed by atoms with Gasteiger partial charge in [-0.25, -0.2) is 15.8 Å². The summed E-state index contributed by atoms with van der Waals surface area (Å²) in [5.74, 6) is 4.95.